The average molecular weight is 367 g/mol. The van der Waals surface area contributed by atoms with E-state index in [1.165, 1.54) is 11.1 Å². The standard InChI is InChI=1S/C22H29N3O2/c1-3-23-21(25-16-22(2,26)19-7-5-4-6-8-19)24-13-11-17-9-10-20-18(15-17)12-14-27-20/h4-10,15,26H,3,11-14,16H2,1-2H3,(H2,23,24,25). The Morgan fingerprint density at radius 2 is 2.00 bits per heavy atom. The molecule has 0 fully saturated rings. The molecule has 1 heterocycles. The van der Waals surface area contributed by atoms with Crippen LogP contribution >= 0.6 is 0 Å². The quantitative estimate of drug-likeness (QED) is 0.520. The molecule has 27 heavy (non-hydrogen) atoms. The van der Waals surface area contributed by atoms with Gasteiger partial charge in [-0.1, -0.05) is 42.5 Å². The van der Waals surface area contributed by atoms with E-state index in [0.29, 0.717) is 6.54 Å². The van der Waals surface area contributed by atoms with Crippen LogP contribution < -0.4 is 15.4 Å². The van der Waals surface area contributed by atoms with E-state index in [0.717, 1.165) is 49.8 Å². The third-order valence-corrected chi connectivity index (χ3v) is 4.74. The summed E-state index contributed by atoms with van der Waals surface area (Å²) in [7, 11) is 0. The molecule has 0 amide bonds. The van der Waals surface area contributed by atoms with E-state index in [9.17, 15) is 5.11 Å². The van der Waals surface area contributed by atoms with Crippen LogP contribution in [0.3, 0.4) is 0 Å². The van der Waals surface area contributed by atoms with E-state index < -0.39 is 5.60 Å². The third-order valence-electron chi connectivity index (χ3n) is 4.74. The lowest BCUT2D eigenvalue weighted by Crippen LogP contribution is -2.39. The van der Waals surface area contributed by atoms with Gasteiger partial charge in [0.1, 0.15) is 11.4 Å². The number of rotatable bonds is 7. The fraction of sp³-hybridized carbons (Fsp3) is 0.409. The minimum Gasteiger partial charge on any atom is -0.493 e. The summed E-state index contributed by atoms with van der Waals surface area (Å²) in [5.41, 5.74) is 2.46. The second kappa shape index (κ2) is 8.91. The number of benzene rings is 2. The summed E-state index contributed by atoms with van der Waals surface area (Å²) in [4.78, 5) is 4.57. The van der Waals surface area contributed by atoms with Gasteiger partial charge in [-0.15, -0.1) is 0 Å². The van der Waals surface area contributed by atoms with Crippen molar-refractivity contribution in [1.82, 2.24) is 10.6 Å². The molecule has 0 saturated carbocycles. The van der Waals surface area contributed by atoms with Gasteiger partial charge in [-0.25, -0.2) is 4.99 Å². The first-order valence-corrected chi connectivity index (χ1v) is 9.63. The summed E-state index contributed by atoms with van der Waals surface area (Å²) < 4.78 is 5.56. The van der Waals surface area contributed by atoms with E-state index in [2.05, 4.69) is 33.8 Å². The third kappa shape index (κ3) is 5.23. The van der Waals surface area contributed by atoms with Crippen LogP contribution in [0.15, 0.2) is 53.5 Å². The predicted octanol–water partition coefficient (Wildman–Crippen LogP) is 2.63. The van der Waals surface area contributed by atoms with Gasteiger partial charge in [-0.2, -0.15) is 0 Å². The second-order valence-corrected chi connectivity index (χ2v) is 7.05. The summed E-state index contributed by atoms with van der Waals surface area (Å²) in [6.07, 6.45) is 1.90. The summed E-state index contributed by atoms with van der Waals surface area (Å²) >= 11 is 0. The second-order valence-electron chi connectivity index (χ2n) is 7.05. The molecule has 5 nitrogen and oxygen atoms in total. The number of guanidine groups is 1. The molecule has 5 heteroatoms. The molecule has 2 aromatic rings. The first kappa shape index (κ1) is 19.2. The van der Waals surface area contributed by atoms with Gasteiger partial charge < -0.3 is 20.5 Å². The summed E-state index contributed by atoms with van der Waals surface area (Å²) in [5, 5.41) is 17.3. The molecule has 0 saturated heterocycles. The van der Waals surface area contributed by atoms with Crippen LogP contribution in [0.4, 0.5) is 0 Å². The van der Waals surface area contributed by atoms with Crippen LogP contribution in [0.1, 0.15) is 30.5 Å². The number of fused-ring (bicyclic) bond motifs is 1. The topological polar surface area (TPSA) is 65.9 Å². The van der Waals surface area contributed by atoms with E-state index in [-0.39, 0.29) is 0 Å². The molecule has 3 rings (SSSR count). The maximum absolute atomic E-state index is 10.7. The lowest BCUT2D eigenvalue weighted by atomic mass is 9.96. The molecule has 2 aromatic carbocycles. The van der Waals surface area contributed by atoms with Gasteiger partial charge in [-0.3, -0.25) is 0 Å². The zero-order valence-corrected chi connectivity index (χ0v) is 16.2. The largest absolute Gasteiger partial charge is 0.493 e. The molecule has 0 bridgehead atoms. The molecule has 144 valence electrons. The van der Waals surface area contributed by atoms with Crippen LogP contribution in [0.25, 0.3) is 0 Å². The van der Waals surface area contributed by atoms with Gasteiger partial charge in [0.25, 0.3) is 0 Å². The normalized spacial score (nSPS) is 15.6. The van der Waals surface area contributed by atoms with Gasteiger partial charge >= 0.3 is 0 Å². The first-order valence-electron chi connectivity index (χ1n) is 9.63. The SMILES string of the molecule is CCNC(=NCC(C)(O)c1ccccc1)NCCc1ccc2c(c1)CCO2. The summed E-state index contributed by atoms with van der Waals surface area (Å²) in [5.74, 6) is 1.74. The molecule has 0 aliphatic carbocycles. The van der Waals surface area contributed by atoms with Crippen LogP contribution in [-0.2, 0) is 18.4 Å². The number of nitrogens with one attached hydrogen (secondary N) is 2. The van der Waals surface area contributed by atoms with E-state index in [1.807, 2.05) is 37.3 Å². The Morgan fingerprint density at radius 1 is 1.19 bits per heavy atom. The molecule has 1 unspecified atom stereocenters. The van der Waals surface area contributed by atoms with Crippen molar-refractivity contribution in [3.05, 3.63) is 65.2 Å². The predicted molar refractivity (Wildman–Crippen MR) is 109 cm³/mol. The van der Waals surface area contributed by atoms with Crippen LogP contribution in [-0.4, -0.2) is 37.3 Å². The van der Waals surface area contributed by atoms with Gasteiger partial charge in [0.2, 0.25) is 0 Å². The van der Waals surface area contributed by atoms with E-state index >= 15 is 0 Å². The molecule has 0 spiro atoms. The van der Waals surface area contributed by atoms with Crippen molar-refractivity contribution in [2.75, 3.05) is 26.2 Å². The van der Waals surface area contributed by atoms with Crippen molar-refractivity contribution in [2.24, 2.45) is 4.99 Å². The maximum atomic E-state index is 10.7. The highest BCUT2D eigenvalue weighted by Gasteiger charge is 2.22. The van der Waals surface area contributed by atoms with Gasteiger partial charge in [0, 0.05) is 19.5 Å². The van der Waals surface area contributed by atoms with Crippen molar-refractivity contribution in [3.63, 3.8) is 0 Å². The Hall–Kier alpha value is -2.53. The first-order chi connectivity index (χ1) is 13.1. The molecule has 3 N–H and O–H groups in total. The number of hydrogen-bond acceptors (Lipinski definition) is 3. The average Bonchev–Trinajstić information content (AvgIpc) is 3.15. The maximum Gasteiger partial charge on any atom is 0.191 e. The summed E-state index contributed by atoms with van der Waals surface area (Å²) in [6.45, 7) is 6.46. The molecular weight excluding hydrogens is 338 g/mol. The highest BCUT2D eigenvalue weighted by Crippen LogP contribution is 2.26. The van der Waals surface area contributed by atoms with Crippen molar-refractivity contribution in [1.29, 1.82) is 0 Å². The Labute approximate surface area is 161 Å². The summed E-state index contributed by atoms with van der Waals surface area (Å²) in [6, 6.07) is 16.1. The minimum absolute atomic E-state index is 0.294. The Morgan fingerprint density at radius 3 is 2.78 bits per heavy atom. The van der Waals surface area contributed by atoms with Crippen molar-refractivity contribution in [2.45, 2.75) is 32.3 Å². The number of nitrogens with zero attached hydrogens (tertiary/aromatic N) is 1. The van der Waals surface area contributed by atoms with Gasteiger partial charge in [0.15, 0.2) is 5.96 Å². The zero-order chi connectivity index (χ0) is 19.1. The lowest BCUT2D eigenvalue weighted by molar-refractivity contribution is 0.0672. The highest BCUT2D eigenvalue weighted by atomic mass is 16.5. The molecule has 0 aromatic heterocycles. The Kier molecular flexibility index (Phi) is 6.35. The molecule has 0 radical (unpaired) electrons. The number of ether oxygens (including phenoxy) is 1. The van der Waals surface area contributed by atoms with Crippen molar-refractivity contribution in [3.8, 4) is 5.75 Å². The Bertz CT molecular complexity index is 772. The van der Waals surface area contributed by atoms with E-state index in [4.69, 9.17) is 4.74 Å². The molecular formula is C22H29N3O2. The fourth-order valence-electron chi connectivity index (χ4n) is 3.18. The van der Waals surface area contributed by atoms with Crippen LogP contribution in [0, 0.1) is 0 Å². The van der Waals surface area contributed by atoms with E-state index in [1.54, 1.807) is 6.92 Å². The van der Waals surface area contributed by atoms with Crippen LogP contribution in [0.2, 0.25) is 0 Å². The fourth-order valence-corrected chi connectivity index (χ4v) is 3.18. The zero-order valence-electron chi connectivity index (χ0n) is 16.2. The van der Waals surface area contributed by atoms with Gasteiger partial charge in [-0.05, 0) is 43.0 Å². The molecule has 1 atom stereocenters. The number of aliphatic hydroxyl groups is 1. The van der Waals surface area contributed by atoms with Crippen LogP contribution in [0.5, 0.6) is 5.75 Å². The Balaban J connectivity index is 1.56. The number of aliphatic imine (C=N–C) groups is 1. The molecule has 1 aliphatic heterocycles. The highest BCUT2D eigenvalue weighted by molar-refractivity contribution is 5.79. The minimum atomic E-state index is -0.996. The van der Waals surface area contributed by atoms with Crippen molar-refractivity contribution < 1.29 is 9.84 Å². The number of hydrogen-bond donors (Lipinski definition) is 3. The monoisotopic (exact) mass is 367 g/mol. The molecule has 1 aliphatic rings. The van der Waals surface area contributed by atoms with Crippen molar-refractivity contribution >= 4 is 5.96 Å². The smallest absolute Gasteiger partial charge is 0.191 e. The van der Waals surface area contributed by atoms with Gasteiger partial charge in [0.05, 0.1) is 13.2 Å². The lowest BCUT2D eigenvalue weighted by Gasteiger charge is -2.22.